The summed E-state index contributed by atoms with van der Waals surface area (Å²) in [6, 6.07) is 120. The monoisotopic (exact) mass is 1220 g/mol. The molecule has 0 bridgehead atoms. The van der Waals surface area contributed by atoms with Crippen molar-refractivity contribution in [3.63, 3.8) is 0 Å². The minimum atomic E-state index is 0.657. The first kappa shape index (κ1) is 54.7. The number of nitrogens with zero attached hydrogens (tertiary/aromatic N) is 8. The van der Waals surface area contributed by atoms with Gasteiger partial charge in [0.1, 0.15) is 0 Å². The third-order valence-electron chi connectivity index (χ3n) is 19.1. The summed E-state index contributed by atoms with van der Waals surface area (Å²) in [7, 11) is 0. The molecule has 448 valence electrons. The van der Waals surface area contributed by atoms with Crippen LogP contribution in [-0.2, 0) is 0 Å². The maximum absolute atomic E-state index is 5.35. The standard InChI is InChI=1S/2C44H28N4/c1-3-13-29(14-4-1)31-23-25-38-37(27-31)43(30-15-5-2-6-16-30)46-44(45-38)48-41-22-12-9-19-35(41)36-28-32(24-26-42(36)48)47-39-20-10-7-17-33(39)34-18-8-11-21-40(34)47;1-2-12-29(13-3-1)30-22-24-31(25-23-30)43-36-17-4-8-18-38(36)45-44(46-43)48-41-21-11-7-16-35(41)37-28-32(26-27-42(37)48)47-39-19-9-5-14-33(39)34-15-6-10-20-40(34)47/h2*1-28H. The van der Waals surface area contributed by atoms with E-state index in [1.165, 1.54) is 71.1 Å². The minimum Gasteiger partial charge on any atom is -0.309 e. The van der Waals surface area contributed by atoms with Crippen LogP contribution in [0.3, 0.4) is 0 Å². The van der Waals surface area contributed by atoms with Crippen LogP contribution in [0.4, 0.5) is 0 Å². The number of benzene rings is 14. The van der Waals surface area contributed by atoms with E-state index >= 15 is 0 Å². The summed E-state index contributed by atoms with van der Waals surface area (Å²) < 4.78 is 9.19. The summed E-state index contributed by atoms with van der Waals surface area (Å²) in [5.74, 6) is 1.32. The Bertz CT molecular complexity index is 6330. The van der Waals surface area contributed by atoms with Crippen LogP contribution in [0.2, 0.25) is 0 Å². The van der Waals surface area contributed by atoms with Crippen LogP contribution < -0.4 is 0 Å². The molecule has 0 radical (unpaired) electrons. The van der Waals surface area contributed by atoms with Crippen LogP contribution in [0, 0.1) is 0 Å². The molecule has 0 saturated heterocycles. The smallest absolute Gasteiger partial charge is 0.235 e. The van der Waals surface area contributed by atoms with Crippen LogP contribution in [0.15, 0.2) is 340 Å². The third kappa shape index (κ3) is 8.92. The van der Waals surface area contributed by atoms with Crippen molar-refractivity contribution in [3.05, 3.63) is 340 Å². The predicted octanol–water partition coefficient (Wildman–Crippen LogP) is 22.3. The molecular weight excluding hydrogens is 1170 g/mol. The first-order chi connectivity index (χ1) is 47.6. The molecule has 20 rings (SSSR count). The quantitative estimate of drug-likeness (QED) is 0.152. The van der Waals surface area contributed by atoms with E-state index in [1.54, 1.807) is 0 Å². The Morgan fingerprint density at radius 1 is 0.167 bits per heavy atom. The van der Waals surface area contributed by atoms with Crippen LogP contribution >= 0.6 is 0 Å². The molecule has 0 N–H and O–H groups in total. The van der Waals surface area contributed by atoms with Crippen molar-refractivity contribution in [1.29, 1.82) is 0 Å². The zero-order chi connectivity index (χ0) is 63.2. The van der Waals surface area contributed by atoms with Crippen molar-refractivity contribution >= 4 is 109 Å². The van der Waals surface area contributed by atoms with E-state index in [2.05, 4.69) is 334 Å². The van der Waals surface area contributed by atoms with Crippen LogP contribution in [0.5, 0.6) is 0 Å². The molecule has 20 aromatic rings. The maximum atomic E-state index is 5.35. The maximum Gasteiger partial charge on any atom is 0.235 e. The second kappa shape index (κ2) is 22.4. The molecule has 8 heteroatoms. The lowest BCUT2D eigenvalue weighted by Crippen LogP contribution is -2.03. The summed E-state index contributed by atoms with van der Waals surface area (Å²) in [5, 5.41) is 11.7. The summed E-state index contributed by atoms with van der Waals surface area (Å²) >= 11 is 0. The molecule has 0 atom stereocenters. The fraction of sp³-hybridized carbons (Fsp3) is 0. The molecule has 6 aromatic heterocycles. The molecule has 0 aliphatic carbocycles. The summed E-state index contributed by atoms with van der Waals surface area (Å²) in [6.45, 7) is 0. The van der Waals surface area contributed by atoms with Crippen molar-refractivity contribution in [2.75, 3.05) is 0 Å². The van der Waals surface area contributed by atoms with Crippen molar-refractivity contribution in [2.45, 2.75) is 0 Å². The fourth-order valence-corrected chi connectivity index (χ4v) is 14.7. The zero-order valence-corrected chi connectivity index (χ0v) is 51.9. The zero-order valence-electron chi connectivity index (χ0n) is 51.9. The van der Waals surface area contributed by atoms with E-state index in [1.807, 2.05) is 24.3 Å². The number of rotatable bonds is 8. The van der Waals surface area contributed by atoms with E-state index in [9.17, 15) is 0 Å². The minimum absolute atomic E-state index is 0.657. The first-order valence-electron chi connectivity index (χ1n) is 32.5. The van der Waals surface area contributed by atoms with Crippen molar-refractivity contribution in [1.82, 2.24) is 38.2 Å². The fourth-order valence-electron chi connectivity index (χ4n) is 14.7. The Morgan fingerprint density at radius 2 is 0.458 bits per heavy atom. The van der Waals surface area contributed by atoms with Gasteiger partial charge in [-0.3, -0.25) is 9.13 Å². The van der Waals surface area contributed by atoms with Crippen LogP contribution in [-0.4, -0.2) is 38.2 Å². The average molecular weight is 1230 g/mol. The molecule has 8 nitrogen and oxygen atoms in total. The Morgan fingerprint density at radius 3 is 0.906 bits per heavy atom. The Kier molecular flexibility index (Phi) is 12.7. The van der Waals surface area contributed by atoms with Gasteiger partial charge in [-0.25, -0.2) is 19.9 Å². The average Bonchev–Trinajstić information content (AvgIpc) is 1.60. The van der Waals surface area contributed by atoms with Gasteiger partial charge in [0.2, 0.25) is 11.9 Å². The van der Waals surface area contributed by atoms with Gasteiger partial charge in [-0.05, 0) is 113 Å². The summed E-state index contributed by atoms with van der Waals surface area (Å²) in [5.41, 5.74) is 21.8. The number of hydrogen-bond acceptors (Lipinski definition) is 4. The second-order valence-corrected chi connectivity index (χ2v) is 24.5. The van der Waals surface area contributed by atoms with E-state index in [0.29, 0.717) is 11.9 Å². The number of fused-ring (bicyclic) bond motifs is 14. The molecule has 0 unspecified atom stereocenters. The molecule has 0 spiro atoms. The third-order valence-corrected chi connectivity index (χ3v) is 19.1. The normalized spacial score (nSPS) is 11.8. The van der Waals surface area contributed by atoms with Gasteiger partial charge in [-0.15, -0.1) is 0 Å². The second-order valence-electron chi connectivity index (χ2n) is 24.5. The molecule has 0 aliphatic heterocycles. The van der Waals surface area contributed by atoms with E-state index < -0.39 is 0 Å². The van der Waals surface area contributed by atoms with Gasteiger partial charge in [-0.1, -0.05) is 249 Å². The van der Waals surface area contributed by atoms with Gasteiger partial charge in [0.25, 0.3) is 0 Å². The van der Waals surface area contributed by atoms with Gasteiger partial charge in [0.15, 0.2) is 0 Å². The lowest BCUT2D eigenvalue weighted by atomic mass is 10.0. The van der Waals surface area contributed by atoms with E-state index in [4.69, 9.17) is 19.9 Å². The Hall–Kier alpha value is -13.0. The van der Waals surface area contributed by atoms with Gasteiger partial charge in [-0.2, -0.15) is 0 Å². The molecule has 0 saturated carbocycles. The predicted molar refractivity (Wildman–Crippen MR) is 398 cm³/mol. The van der Waals surface area contributed by atoms with E-state index in [-0.39, 0.29) is 0 Å². The number of aromatic nitrogens is 8. The highest BCUT2D eigenvalue weighted by Gasteiger charge is 2.23. The number of para-hydroxylation sites is 7. The first-order valence-corrected chi connectivity index (χ1v) is 32.5. The highest BCUT2D eigenvalue weighted by atomic mass is 15.2. The van der Waals surface area contributed by atoms with Gasteiger partial charge in [0, 0.05) is 76.4 Å². The van der Waals surface area contributed by atoms with Crippen molar-refractivity contribution in [2.24, 2.45) is 0 Å². The Balaban J connectivity index is 0.000000135. The molecule has 0 fully saturated rings. The van der Waals surface area contributed by atoms with E-state index in [0.717, 1.165) is 94.1 Å². The summed E-state index contributed by atoms with van der Waals surface area (Å²) in [4.78, 5) is 21.1. The molecule has 0 amide bonds. The van der Waals surface area contributed by atoms with Crippen molar-refractivity contribution in [3.8, 4) is 68.0 Å². The lowest BCUT2D eigenvalue weighted by molar-refractivity contribution is 1.01. The van der Waals surface area contributed by atoms with Crippen LogP contribution in [0.1, 0.15) is 0 Å². The topological polar surface area (TPSA) is 71.3 Å². The number of hydrogen-bond donors (Lipinski definition) is 0. The molecule has 0 aliphatic rings. The highest BCUT2D eigenvalue weighted by Crippen LogP contribution is 2.41. The molecule has 96 heavy (non-hydrogen) atoms. The van der Waals surface area contributed by atoms with Gasteiger partial charge < -0.3 is 9.13 Å². The Labute approximate surface area is 551 Å². The molecule has 14 aromatic carbocycles. The largest absolute Gasteiger partial charge is 0.309 e. The highest BCUT2D eigenvalue weighted by molar-refractivity contribution is 6.14. The van der Waals surface area contributed by atoms with Crippen LogP contribution in [0.25, 0.3) is 177 Å². The summed E-state index contributed by atoms with van der Waals surface area (Å²) in [6.07, 6.45) is 0. The van der Waals surface area contributed by atoms with Gasteiger partial charge >= 0.3 is 0 Å². The van der Waals surface area contributed by atoms with Gasteiger partial charge in [0.05, 0.1) is 66.6 Å². The molecule has 6 heterocycles. The molecular formula is C88H56N8. The van der Waals surface area contributed by atoms with Crippen molar-refractivity contribution < 1.29 is 0 Å². The lowest BCUT2D eigenvalue weighted by Gasteiger charge is -2.13. The SMILES string of the molecule is c1ccc(-c2ccc(-c3nc(-n4c5ccccc5c5cc(-n6c7ccccc7c7ccccc76)ccc54)nc4ccccc34)cc2)cc1.c1ccc(-c2ccc3nc(-n4c5ccccc5c5cc(-n6c7ccccc7c7ccccc76)ccc54)nc(-c4ccccc4)c3c2)cc1.